The number of rotatable bonds is 9. The maximum absolute atomic E-state index is 12.5. The molecule has 0 bridgehead atoms. The second-order valence-electron chi connectivity index (χ2n) is 6.84. The number of benzene rings is 1. The SMILES string of the molecule is C=O.CC.CN.CN[CH-]CC(C)(C)F.CNc1ccc(Cl)cc1C(CO)CNC(C)C.[K+].[OH-]. The maximum Gasteiger partial charge on any atom is 1.00 e. The van der Waals surface area contributed by atoms with Crippen LogP contribution in [0.3, 0.4) is 0 Å². The molecule has 1 atom stereocenters. The molecule has 0 radical (unpaired) electrons. The number of aliphatic hydroxyl groups is 1. The van der Waals surface area contributed by atoms with Crippen molar-refractivity contribution in [1.82, 2.24) is 10.6 Å². The number of anilines is 1. The van der Waals surface area contributed by atoms with E-state index in [1.165, 1.54) is 7.05 Å². The number of carbonyl (C=O) groups excluding carboxylic acids is 1. The topological polar surface area (TPSA) is 129 Å². The molecule has 1 unspecified atom stereocenters. The minimum Gasteiger partial charge on any atom is -0.870 e. The van der Waals surface area contributed by atoms with E-state index < -0.39 is 5.67 Å². The third-order valence-corrected chi connectivity index (χ3v) is 3.74. The molecular formula is C23H48ClFKN4O3-. The summed E-state index contributed by atoms with van der Waals surface area (Å²) in [5.41, 5.74) is 5.50. The summed E-state index contributed by atoms with van der Waals surface area (Å²) in [5.74, 6) is 0.0542. The molecule has 7 N–H and O–H groups in total. The molecule has 0 amide bonds. The molecule has 1 aromatic rings. The van der Waals surface area contributed by atoms with Crippen LogP contribution in [0.5, 0.6) is 0 Å². The Morgan fingerprint density at radius 2 is 1.70 bits per heavy atom. The number of nitrogens with two attached hydrogens (primary N) is 1. The van der Waals surface area contributed by atoms with Crippen molar-refractivity contribution in [3.8, 4) is 0 Å². The van der Waals surface area contributed by atoms with Gasteiger partial charge in [-0.05, 0) is 51.7 Å². The molecule has 1 rings (SSSR count). The predicted octanol–water partition coefficient (Wildman–Crippen LogP) is 1.20. The van der Waals surface area contributed by atoms with Crippen LogP contribution in [-0.2, 0) is 4.79 Å². The van der Waals surface area contributed by atoms with Gasteiger partial charge in [-0.2, -0.15) is 0 Å². The molecule has 1 aromatic carbocycles. The van der Waals surface area contributed by atoms with Gasteiger partial charge in [0, 0.05) is 36.3 Å². The van der Waals surface area contributed by atoms with Gasteiger partial charge in [0.15, 0.2) is 0 Å². The third kappa shape index (κ3) is 30.3. The van der Waals surface area contributed by atoms with Gasteiger partial charge < -0.3 is 37.1 Å². The summed E-state index contributed by atoms with van der Waals surface area (Å²) in [6, 6.07) is 6.11. The quantitative estimate of drug-likeness (QED) is 0.244. The van der Waals surface area contributed by atoms with Crippen LogP contribution in [0.25, 0.3) is 0 Å². The van der Waals surface area contributed by atoms with Gasteiger partial charge in [-0.25, -0.2) is 4.39 Å². The van der Waals surface area contributed by atoms with E-state index in [4.69, 9.17) is 16.4 Å². The smallest absolute Gasteiger partial charge is 0.870 e. The minimum absolute atomic E-state index is 0. The Balaban J connectivity index is -0.0000000972. The summed E-state index contributed by atoms with van der Waals surface area (Å²) < 4.78 is 12.5. The molecule has 0 aromatic heterocycles. The molecule has 33 heavy (non-hydrogen) atoms. The Morgan fingerprint density at radius 3 is 2.00 bits per heavy atom. The first-order valence-electron chi connectivity index (χ1n) is 10.5. The molecule has 194 valence electrons. The average Bonchev–Trinajstić information content (AvgIpc) is 2.77. The molecule has 0 saturated carbocycles. The monoisotopic (exact) mass is 521 g/mol. The minimum atomic E-state index is -1.07. The van der Waals surface area contributed by atoms with E-state index in [1.807, 2.05) is 45.9 Å². The molecule has 0 fully saturated rings. The fourth-order valence-electron chi connectivity index (χ4n) is 2.09. The summed E-state index contributed by atoms with van der Waals surface area (Å²) >= 11 is 6.01. The summed E-state index contributed by atoms with van der Waals surface area (Å²) in [6.45, 7) is 15.8. The van der Waals surface area contributed by atoms with Gasteiger partial charge in [-0.15, -0.1) is 6.42 Å². The van der Waals surface area contributed by atoms with Gasteiger partial charge >= 0.3 is 51.4 Å². The summed E-state index contributed by atoms with van der Waals surface area (Å²) in [4.78, 5) is 8.00. The molecule has 10 heteroatoms. The molecule has 0 heterocycles. The Kier molecular flexibility index (Phi) is 45.7. The molecule has 0 aliphatic rings. The second kappa shape index (κ2) is 32.3. The van der Waals surface area contributed by atoms with E-state index in [-0.39, 0.29) is 69.4 Å². The Labute approximate surface area is 249 Å². The van der Waals surface area contributed by atoms with Crippen molar-refractivity contribution in [3.05, 3.63) is 35.3 Å². The normalized spacial score (nSPS) is 10.0. The van der Waals surface area contributed by atoms with Crippen LogP contribution in [0.15, 0.2) is 18.2 Å². The first-order chi connectivity index (χ1) is 14.6. The molecule has 0 aliphatic carbocycles. The van der Waals surface area contributed by atoms with Crippen LogP contribution >= 0.6 is 11.6 Å². The van der Waals surface area contributed by atoms with E-state index in [0.29, 0.717) is 17.5 Å². The van der Waals surface area contributed by atoms with Crippen molar-refractivity contribution < 1.29 is 71.2 Å². The molecule has 0 aliphatic heterocycles. The number of hydrogen-bond acceptors (Lipinski definition) is 7. The van der Waals surface area contributed by atoms with Gasteiger partial charge in [0.25, 0.3) is 0 Å². The Morgan fingerprint density at radius 1 is 1.21 bits per heavy atom. The van der Waals surface area contributed by atoms with E-state index in [0.717, 1.165) is 17.8 Å². The van der Waals surface area contributed by atoms with Crippen molar-refractivity contribution in [2.45, 2.75) is 65.6 Å². The Bertz CT molecular complexity index is 511. The second-order valence-corrected chi connectivity index (χ2v) is 7.28. The Hall–Kier alpha value is 0.346. The largest absolute Gasteiger partial charge is 1.00 e. The maximum atomic E-state index is 12.5. The summed E-state index contributed by atoms with van der Waals surface area (Å²) in [6.07, 6.45) is 0.462. The van der Waals surface area contributed by atoms with Crippen LogP contribution in [0.2, 0.25) is 5.02 Å². The van der Waals surface area contributed by atoms with Crippen LogP contribution < -0.4 is 73.1 Å². The van der Waals surface area contributed by atoms with Crippen molar-refractivity contribution >= 4 is 24.1 Å². The van der Waals surface area contributed by atoms with Crippen LogP contribution in [0.4, 0.5) is 10.1 Å². The zero-order valence-corrected chi connectivity index (χ0v) is 26.3. The molecule has 0 saturated heterocycles. The number of halogens is 2. The van der Waals surface area contributed by atoms with Crippen molar-refractivity contribution in [2.24, 2.45) is 5.73 Å². The average molecular weight is 522 g/mol. The van der Waals surface area contributed by atoms with Gasteiger partial charge in [0.05, 0.1) is 12.3 Å². The summed E-state index contributed by atoms with van der Waals surface area (Å²) in [5, 5.41) is 19.4. The van der Waals surface area contributed by atoms with Gasteiger partial charge in [-0.3, -0.25) is 6.54 Å². The van der Waals surface area contributed by atoms with Crippen molar-refractivity contribution in [3.63, 3.8) is 0 Å². The van der Waals surface area contributed by atoms with Crippen molar-refractivity contribution in [2.75, 3.05) is 39.6 Å². The van der Waals surface area contributed by atoms with E-state index in [1.54, 1.807) is 27.4 Å². The summed E-state index contributed by atoms with van der Waals surface area (Å²) in [7, 11) is 5.14. The number of hydrogen-bond donors (Lipinski definition) is 5. The van der Waals surface area contributed by atoms with Crippen LogP contribution in [0.1, 0.15) is 59.4 Å². The van der Waals surface area contributed by atoms with Crippen molar-refractivity contribution in [1.29, 1.82) is 0 Å². The molecule has 0 spiro atoms. The standard InChI is InChI=1S/C13H21ClN2O.C6H13FN.C2H6.CH5N.CH2O.K.H2O/c1-9(2)16-7-10(8-17)12-6-11(14)4-5-13(12)15-3;1-6(2,7)4-5-8-3;3*1-2;;/h4-6,9-10,15-17H,7-8H2,1-3H3;5,8H,4H2,1-3H3;1-2H3;2H2,1H3;1H2;;1H2/q;-1;;;;+1;/p-1. The third-order valence-electron chi connectivity index (χ3n) is 3.51. The van der Waals surface area contributed by atoms with E-state index in [2.05, 4.69) is 35.5 Å². The fraction of sp³-hybridized carbons (Fsp3) is 0.652. The molecular weight excluding hydrogens is 474 g/mol. The number of aliphatic hydroxyl groups excluding tert-OH is 1. The number of alkyl halides is 1. The van der Waals surface area contributed by atoms with E-state index in [9.17, 15) is 9.50 Å². The zero-order chi connectivity index (χ0) is 25.5. The number of nitrogens with one attached hydrogen (secondary N) is 3. The van der Waals surface area contributed by atoms with Gasteiger partial charge in [0.1, 0.15) is 6.79 Å². The van der Waals surface area contributed by atoms with Crippen LogP contribution in [-0.4, -0.2) is 63.4 Å². The molecule has 7 nitrogen and oxygen atoms in total. The number of carbonyl (C=O) groups is 1. The predicted molar refractivity (Wildman–Crippen MR) is 138 cm³/mol. The van der Waals surface area contributed by atoms with E-state index >= 15 is 0 Å². The first kappa shape index (κ1) is 46.7. The first-order valence-corrected chi connectivity index (χ1v) is 10.9. The zero-order valence-electron chi connectivity index (χ0n) is 22.4. The van der Waals surface area contributed by atoms with Gasteiger partial charge in [0.2, 0.25) is 0 Å². The fourth-order valence-corrected chi connectivity index (χ4v) is 2.28. The van der Waals surface area contributed by atoms with Gasteiger partial charge in [-0.1, -0.05) is 39.3 Å². The van der Waals surface area contributed by atoms with Crippen LogP contribution in [0, 0.1) is 6.54 Å².